The average molecular weight is 197 g/mol. The molecule has 0 radical (unpaired) electrons. The molecule has 0 saturated heterocycles. The van der Waals surface area contributed by atoms with Crippen LogP contribution in [0.1, 0.15) is 13.8 Å². The molecule has 5 nitrogen and oxygen atoms in total. The summed E-state index contributed by atoms with van der Waals surface area (Å²) in [5.41, 5.74) is 0. The van der Waals surface area contributed by atoms with Gasteiger partial charge in [-0.3, -0.25) is 0 Å². The zero-order chi connectivity index (χ0) is 9.78. The Bertz CT molecular complexity index is 212. The first-order valence-electron chi connectivity index (χ1n) is 3.59. The third-order valence-electron chi connectivity index (χ3n) is 0.949. The average Bonchev–Trinajstić information content (AvgIpc) is 1.80. The fourth-order valence-corrected chi connectivity index (χ4v) is 1.03. The quantitative estimate of drug-likeness (QED) is 0.570. The van der Waals surface area contributed by atoms with E-state index in [1.165, 1.54) is 0 Å². The van der Waals surface area contributed by atoms with Crippen molar-refractivity contribution in [2.45, 2.75) is 26.2 Å². The van der Waals surface area contributed by atoms with E-state index in [0.29, 0.717) is 0 Å². The Morgan fingerprint density at radius 3 is 2.33 bits per heavy atom. The summed E-state index contributed by atoms with van der Waals surface area (Å²) in [4.78, 5) is 0. The predicted molar refractivity (Wildman–Crippen MR) is 45.1 cm³/mol. The topological polar surface area (TPSA) is 75.6 Å². The molecule has 6 heteroatoms. The second-order valence-corrected chi connectivity index (χ2v) is 4.59. The van der Waals surface area contributed by atoms with Crippen molar-refractivity contribution in [2.75, 3.05) is 12.8 Å². The maximum atomic E-state index is 10.5. The van der Waals surface area contributed by atoms with Crippen molar-refractivity contribution in [3.63, 3.8) is 0 Å². The van der Waals surface area contributed by atoms with E-state index < -0.39 is 16.3 Å². The Kier molecular flexibility index (Phi) is 4.69. The van der Waals surface area contributed by atoms with Crippen LogP contribution in [0.25, 0.3) is 0 Å². The van der Waals surface area contributed by atoms with Gasteiger partial charge >= 0.3 is 0 Å². The number of ether oxygens (including phenoxy) is 1. The summed E-state index contributed by atoms with van der Waals surface area (Å²) in [7, 11) is -3.24. The van der Waals surface area contributed by atoms with Crippen LogP contribution in [0.2, 0.25) is 0 Å². The predicted octanol–water partition coefficient (Wildman–Crippen LogP) is -0.721. The third kappa shape index (κ3) is 7.93. The van der Waals surface area contributed by atoms with Crippen LogP contribution in [-0.4, -0.2) is 38.7 Å². The maximum absolute atomic E-state index is 10.5. The second-order valence-electron chi connectivity index (χ2n) is 2.76. The molecule has 0 heterocycles. The van der Waals surface area contributed by atoms with E-state index in [0.717, 1.165) is 6.26 Å². The Morgan fingerprint density at radius 1 is 1.50 bits per heavy atom. The van der Waals surface area contributed by atoms with Crippen molar-refractivity contribution >= 4 is 10.0 Å². The van der Waals surface area contributed by atoms with Gasteiger partial charge in [0.25, 0.3) is 0 Å². The van der Waals surface area contributed by atoms with Gasteiger partial charge < -0.3 is 9.84 Å². The van der Waals surface area contributed by atoms with Gasteiger partial charge in [0.1, 0.15) is 0 Å². The van der Waals surface area contributed by atoms with E-state index in [2.05, 4.69) is 4.72 Å². The molecule has 0 rings (SSSR count). The molecule has 0 aromatic heterocycles. The van der Waals surface area contributed by atoms with Crippen molar-refractivity contribution < 1.29 is 18.3 Å². The monoisotopic (exact) mass is 197 g/mol. The highest BCUT2D eigenvalue weighted by Gasteiger charge is 2.08. The second kappa shape index (κ2) is 4.76. The highest BCUT2D eigenvalue weighted by atomic mass is 32.2. The van der Waals surface area contributed by atoms with Crippen molar-refractivity contribution in [1.82, 2.24) is 4.72 Å². The van der Waals surface area contributed by atoms with Crippen LogP contribution < -0.4 is 4.72 Å². The molecule has 1 atom stereocenters. The molecule has 2 N–H and O–H groups in total. The lowest BCUT2D eigenvalue weighted by Gasteiger charge is -2.14. The lowest BCUT2D eigenvalue weighted by Crippen LogP contribution is -2.34. The van der Waals surface area contributed by atoms with Gasteiger partial charge in [0.2, 0.25) is 10.0 Å². The van der Waals surface area contributed by atoms with E-state index >= 15 is 0 Å². The number of aliphatic hydroxyl groups excluding tert-OH is 1. The van der Waals surface area contributed by atoms with Crippen molar-refractivity contribution in [2.24, 2.45) is 0 Å². The Balaban J connectivity index is 3.65. The highest BCUT2D eigenvalue weighted by molar-refractivity contribution is 7.88. The molecule has 0 aromatic rings. The summed E-state index contributed by atoms with van der Waals surface area (Å²) in [5.74, 6) is 0. The van der Waals surface area contributed by atoms with Crippen LogP contribution in [0.3, 0.4) is 0 Å². The summed E-state index contributed by atoms with van der Waals surface area (Å²) >= 11 is 0. The first kappa shape index (κ1) is 11.8. The van der Waals surface area contributed by atoms with E-state index in [9.17, 15) is 8.42 Å². The highest BCUT2D eigenvalue weighted by Crippen LogP contribution is 1.93. The first-order valence-corrected chi connectivity index (χ1v) is 5.48. The molecule has 0 bridgehead atoms. The fourth-order valence-electron chi connectivity index (χ4n) is 0.585. The fraction of sp³-hybridized carbons (Fsp3) is 1.00. The van der Waals surface area contributed by atoms with Gasteiger partial charge in [-0.15, -0.1) is 0 Å². The van der Waals surface area contributed by atoms with Crippen LogP contribution in [-0.2, 0) is 14.8 Å². The molecule has 0 aromatic carbocycles. The van der Waals surface area contributed by atoms with Crippen LogP contribution in [0.4, 0.5) is 0 Å². The minimum Gasteiger partial charge on any atom is -0.367 e. The van der Waals surface area contributed by atoms with Gasteiger partial charge in [-0.05, 0) is 13.8 Å². The van der Waals surface area contributed by atoms with Crippen LogP contribution >= 0.6 is 0 Å². The molecule has 0 aliphatic rings. The summed E-state index contributed by atoms with van der Waals surface area (Å²) < 4.78 is 28.1. The lowest BCUT2D eigenvalue weighted by atomic mass is 10.5. The van der Waals surface area contributed by atoms with Crippen molar-refractivity contribution in [1.29, 1.82) is 0 Å². The Labute approximate surface area is 72.8 Å². The molecule has 0 amide bonds. The number of hydrogen-bond donors (Lipinski definition) is 2. The number of hydrogen-bond acceptors (Lipinski definition) is 4. The molecule has 0 spiro atoms. The molecule has 0 fully saturated rings. The number of aliphatic hydroxyl groups is 1. The first-order chi connectivity index (χ1) is 5.31. The molecule has 0 unspecified atom stereocenters. The maximum Gasteiger partial charge on any atom is 0.208 e. The van der Waals surface area contributed by atoms with E-state index in [-0.39, 0.29) is 12.6 Å². The minimum atomic E-state index is -3.24. The zero-order valence-electron chi connectivity index (χ0n) is 7.44. The largest absolute Gasteiger partial charge is 0.367 e. The van der Waals surface area contributed by atoms with E-state index in [1.807, 2.05) is 0 Å². The van der Waals surface area contributed by atoms with Crippen molar-refractivity contribution in [3.05, 3.63) is 0 Å². The van der Waals surface area contributed by atoms with Gasteiger partial charge in [-0.2, -0.15) is 0 Å². The molecular formula is C6H15NO4S. The van der Waals surface area contributed by atoms with Gasteiger partial charge in [0.15, 0.2) is 6.29 Å². The van der Waals surface area contributed by atoms with Crippen LogP contribution in [0.15, 0.2) is 0 Å². The molecule has 0 aliphatic carbocycles. The summed E-state index contributed by atoms with van der Waals surface area (Å²) in [5, 5.41) is 9.03. The summed E-state index contributed by atoms with van der Waals surface area (Å²) in [6, 6.07) is 0. The minimum absolute atomic E-state index is 0.114. The van der Waals surface area contributed by atoms with E-state index in [1.54, 1.807) is 13.8 Å². The number of nitrogens with one attached hydrogen (secondary N) is 1. The SMILES string of the molecule is CC(C)O[C@@H](O)CNS(C)(=O)=O. The molecule has 0 aliphatic heterocycles. The van der Waals surface area contributed by atoms with Crippen LogP contribution in [0.5, 0.6) is 0 Å². The standard InChI is InChI=1S/C6H15NO4S/c1-5(2)11-6(8)4-7-12(3,9)10/h5-8H,4H2,1-3H3/t6-/m1/s1. The molecule has 12 heavy (non-hydrogen) atoms. The molecule has 74 valence electrons. The van der Waals surface area contributed by atoms with Gasteiger partial charge in [-0.25, -0.2) is 13.1 Å². The molecule has 0 saturated carbocycles. The zero-order valence-corrected chi connectivity index (χ0v) is 8.26. The van der Waals surface area contributed by atoms with Crippen molar-refractivity contribution in [3.8, 4) is 0 Å². The van der Waals surface area contributed by atoms with Gasteiger partial charge in [0, 0.05) is 0 Å². The summed E-state index contributed by atoms with van der Waals surface area (Å²) in [6.45, 7) is 3.39. The summed E-state index contributed by atoms with van der Waals surface area (Å²) in [6.07, 6.45) is -0.184. The third-order valence-corrected chi connectivity index (χ3v) is 1.64. The lowest BCUT2D eigenvalue weighted by molar-refractivity contribution is -0.119. The Morgan fingerprint density at radius 2 is 2.00 bits per heavy atom. The Hall–Kier alpha value is -0.170. The van der Waals surface area contributed by atoms with E-state index in [4.69, 9.17) is 9.84 Å². The number of sulfonamides is 1. The van der Waals surface area contributed by atoms with Crippen LogP contribution in [0, 0.1) is 0 Å². The number of rotatable bonds is 5. The molecular weight excluding hydrogens is 182 g/mol. The van der Waals surface area contributed by atoms with Gasteiger partial charge in [0.05, 0.1) is 18.9 Å². The smallest absolute Gasteiger partial charge is 0.208 e. The van der Waals surface area contributed by atoms with Gasteiger partial charge in [-0.1, -0.05) is 0 Å². The normalized spacial score (nSPS) is 15.1.